The van der Waals surface area contributed by atoms with Gasteiger partial charge in [-0.25, -0.2) is 8.42 Å². The first-order chi connectivity index (χ1) is 8.96. The molecule has 0 radical (unpaired) electrons. The molecule has 0 saturated carbocycles. The molecule has 5 nitrogen and oxygen atoms in total. The minimum absolute atomic E-state index is 0.0797. The Morgan fingerprint density at radius 2 is 2.21 bits per heavy atom. The zero-order chi connectivity index (χ0) is 14.0. The lowest BCUT2D eigenvalue weighted by Gasteiger charge is -2.33. The quantitative estimate of drug-likeness (QED) is 0.871. The SMILES string of the molecule is Cc1ccc(C#N)cc1S(=O)(=O)N1CCNCC1C. The summed E-state index contributed by atoms with van der Waals surface area (Å²) in [5.74, 6) is 0. The molecule has 1 atom stereocenters. The lowest BCUT2D eigenvalue weighted by molar-refractivity contribution is 0.283. The summed E-state index contributed by atoms with van der Waals surface area (Å²) >= 11 is 0. The van der Waals surface area contributed by atoms with Crippen LogP contribution in [-0.2, 0) is 10.0 Å². The summed E-state index contributed by atoms with van der Waals surface area (Å²) in [7, 11) is -3.53. The number of nitriles is 1. The Morgan fingerprint density at radius 1 is 1.47 bits per heavy atom. The van der Waals surface area contributed by atoms with E-state index in [0.29, 0.717) is 30.8 Å². The van der Waals surface area contributed by atoms with Crippen molar-refractivity contribution in [2.24, 2.45) is 0 Å². The predicted octanol–water partition coefficient (Wildman–Crippen LogP) is 0.849. The minimum atomic E-state index is -3.53. The van der Waals surface area contributed by atoms with E-state index in [9.17, 15) is 8.42 Å². The van der Waals surface area contributed by atoms with Crippen molar-refractivity contribution >= 4 is 10.0 Å². The molecule has 6 heteroatoms. The lowest BCUT2D eigenvalue weighted by atomic mass is 10.2. The number of aryl methyl sites for hydroxylation is 1. The maximum Gasteiger partial charge on any atom is 0.243 e. The third-order valence-electron chi connectivity index (χ3n) is 3.34. The number of hydrogen-bond donors (Lipinski definition) is 1. The Kier molecular flexibility index (Phi) is 3.90. The molecule has 1 aromatic rings. The van der Waals surface area contributed by atoms with Crippen molar-refractivity contribution in [3.05, 3.63) is 29.3 Å². The number of hydrogen-bond acceptors (Lipinski definition) is 4. The second-order valence-corrected chi connectivity index (χ2v) is 6.62. The fourth-order valence-corrected chi connectivity index (χ4v) is 4.14. The first-order valence-corrected chi connectivity index (χ1v) is 7.64. The van der Waals surface area contributed by atoms with E-state index in [2.05, 4.69) is 5.32 Å². The first kappa shape index (κ1) is 14.0. The predicted molar refractivity (Wildman–Crippen MR) is 72.1 cm³/mol. The molecule has 0 bridgehead atoms. The molecule has 102 valence electrons. The van der Waals surface area contributed by atoms with Crippen LogP contribution in [0.1, 0.15) is 18.1 Å². The van der Waals surface area contributed by atoms with Crippen molar-refractivity contribution < 1.29 is 8.42 Å². The summed E-state index contributed by atoms with van der Waals surface area (Å²) < 4.78 is 26.9. The van der Waals surface area contributed by atoms with Crippen LogP contribution in [-0.4, -0.2) is 38.4 Å². The van der Waals surface area contributed by atoms with Crippen LogP contribution in [0.2, 0.25) is 0 Å². The van der Waals surface area contributed by atoms with Gasteiger partial charge in [0.05, 0.1) is 16.5 Å². The highest BCUT2D eigenvalue weighted by atomic mass is 32.2. The van der Waals surface area contributed by atoms with E-state index >= 15 is 0 Å². The minimum Gasteiger partial charge on any atom is -0.314 e. The number of rotatable bonds is 2. The number of benzene rings is 1. The second-order valence-electron chi connectivity index (χ2n) is 4.76. The van der Waals surface area contributed by atoms with E-state index in [1.807, 2.05) is 13.0 Å². The monoisotopic (exact) mass is 279 g/mol. The van der Waals surface area contributed by atoms with E-state index in [1.165, 1.54) is 10.4 Å². The second kappa shape index (κ2) is 5.29. The molecule has 19 heavy (non-hydrogen) atoms. The van der Waals surface area contributed by atoms with Crippen molar-refractivity contribution in [3.63, 3.8) is 0 Å². The van der Waals surface area contributed by atoms with Gasteiger partial charge in [-0.05, 0) is 31.5 Å². The largest absolute Gasteiger partial charge is 0.314 e. The summed E-state index contributed by atoms with van der Waals surface area (Å²) in [5.41, 5.74) is 1.04. The summed E-state index contributed by atoms with van der Waals surface area (Å²) in [5, 5.41) is 12.1. The zero-order valence-electron chi connectivity index (χ0n) is 11.0. The number of sulfonamides is 1. The third kappa shape index (κ3) is 2.63. The molecular formula is C13H17N3O2S. The van der Waals surface area contributed by atoms with Crippen LogP contribution in [0.4, 0.5) is 0 Å². The van der Waals surface area contributed by atoms with Crippen LogP contribution in [0.5, 0.6) is 0 Å². The van der Waals surface area contributed by atoms with Crippen molar-refractivity contribution in [2.75, 3.05) is 19.6 Å². The fraction of sp³-hybridized carbons (Fsp3) is 0.462. The third-order valence-corrected chi connectivity index (χ3v) is 5.50. The molecule has 0 spiro atoms. The van der Waals surface area contributed by atoms with Gasteiger partial charge in [0.25, 0.3) is 0 Å². The Labute approximate surface area is 113 Å². The van der Waals surface area contributed by atoms with Gasteiger partial charge in [0.15, 0.2) is 0 Å². The average molecular weight is 279 g/mol. The molecule has 0 amide bonds. The summed E-state index contributed by atoms with van der Waals surface area (Å²) in [6, 6.07) is 6.68. The lowest BCUT2D eigenvalue weighted by Crippen LogP contribution is -2.52. The van der Waals surface area contributed by atoms with E-state index in [0.717, 1.165) is 0 Å². The van der Waals surface area contributed by atoms with Crippen LogP contribution in [0.3, 0.4) is 0 Å². The van der Waals surface area contributed by atoms with Gasteiger partial charge in [0, 0.05) is 25.7 Å². The Bertz CT molecular complexity index is 619. The highest BCUT2D eigenvalue weighted by Crippen LogP contribution is 2.23. The van der Waals surface area contributed by atoms with Crippen molar-refractivity contribution in [1.82, 2.24) is 9.62 Å². The average Bonchev–Trinajstić information content (AvgIpc) is 2.39. The molecule has 1 saturated heterocycles. The summed E-state index contributed by atoms with van der Waals surface area (Å²) in [6.45, 7) is 5.39. The molecule has 1 fully saturated rings. The van der Waals surface area contributed by atoms with Crippen LogP contribution in [0, 0.1) is 18.3 Å². The van der Waals surface area contributed by atoms with Crippen LogP contribution >= 0.6 is 0 Å². The Morgan fingerprint density at radius 3 is 2.84 bits per heavy atom. The fourth-order valence-electron chi connectivity index (χ4n) is 2.25. The molecule has 0 aromatic heterocycles. The van der Waals surface area contributed by atoms with E-state index in [-0.39, 0.29) is 10.9 Å². The van der Waals surface area contributed by atoms with Gasteiger partial charge in [-0.1, -0.05) is 6.07 Å². The van der Waals surface area contributed by atoms with Gasteiger partial charge < -0.3 is 5.32 Å². The first-order valence-electron chi connectivity index (χ1n) is 6.20. The summed E-state index contributed by atoms with van der Waals surface area (Å²) in [6.07, 6.45) is 0. The van der Waals surface area contributed by atoms with Crippen molar-refractivity contribution in [1.29, 1.82) is 5.26 Å². The van der Waals surface area contributed by atoms with Crippen LogP contribution < -0.4 is 5.32 Å². The zero-order valence-corrected chi connectivity index (χ0v) is 11.9. The number of nitrogens with zero attached hydrogens (tertiary/aromatic N) is 2. The molecule has 1 aliphatic rings. The molecule has 1 unspecified atom stereocenters. The highest BCUT2D eigenvalue weighted by molar-refractivity contribution is 7.89. The van der Waals surface area contributed by atoms with E-state index in [1.54, 1.807) is 19.1 Å². The highest BCUT2D eigenvalue weighted by Gasteiger charge is 2.31. The smallest absolute Gasteiger partial charge is 0.243 e. The molecule has 1 aliphatic heterocycles. The van der Waals surface area contributed by atoms with Gasteiger partial charge in [0.2, 0.25) is 10.0 Å². The molecule has 1 heterocycles. The number of nitrogens with one attached hydrogen (secondary N) is 1. The van der Waals surface area contributed by atoms with Crippen molar-refractivity contribution in [2.45, 2.75) is 24.8 Å². The van der Waals surface area contributed by atoms with Gasteiger partial charge in [-0.2, -0.15) is 9.57 Å². The molecule has 1 aromatic carbocycles. The van der Waals surface area contributed by atoms with Gasteiger partial charge >= 0.3 is 0 Å². The van der Waals surface area contributed by atoms with E-state index < -0.39 is 10.0 Å². The normalized spacial score (nSPS) is 21.0. The van der Waals surface area contributed by atoms with Gasteiger partial charge in [0.1, 0.15) is 0 Å². The molecular weight excluding hydrogens is 262 g/mol. The van der Waals surface area contributed by atoms with Gasteiger partial charge in [-0.3, -0.25) is 0 Å². The maximum atomic E-state index is 12.7. The molecule has 0 aliphatic carbocycles. The Hall–Kier alpha value is -1.42. The summed E-state index contributed by atoms with van der Waals surface area (Å²) in [4.78, 5) is 0.236. The Balaban J connectivity index is 2.47. The van der Waals surface area contributed by atoms with E-state index in [4.69, 9.17) is 5.26 Å². The van der Waals surface area contributed by atoms with Crippen molar-refractivity contribution in [3.8, 4) is 6.07 Å². The molecule has 1 N–H and O–H groups in total. The van der Waals surface area contributed by atoms with Gasteiger partial charge in [-0.15, -0.1) is 0 Å². The van der Waals surface area contributed by atoms with Crippen LogP contribution in [0.25, 0.3) is 0 Å². The maximum absolute atomic E-state index is 12.7. The topological polar surface area (TPSA) is 73.2 Å². The number of piperazine rings is 1. The molecule has 2 rings (SSSR count). The van der Waals surface area contributed by atoms with Crippen LogP contribution in [0.15, 0.2) is 23.1 Å². The standard InChI is InChI=1S/C13H17N3O2S/c1-10-3-4-12(8-14)7-13(10)19(17,18)16-6-5-15-9-11(16)2/h3-4,7,11,15H,5-6,9H2,1-2H3.